The summed E-state index contributed by atoms with van der Waals surface area (Å²) in [6.45, 7) is 18.2. The lowest BCUT2D eigenvalue weighted by Gasteiger charge is -2.40. The highest BCUT2D eigenvalue weighted by molar-refractivity contribution is 4.88. The van der Waals surface area contributed by atoms with Crippen LogP contribution in [-0.4, -0.2) is 48.1 Å². The number of nitrogens with zero attached hydrogens (tertiary/aromatic N) is 2. The van der Waals surface area contributed by atoms with Crippen LogP contribution in [0.15, 0.2) is 0 Å². The van der Waals surface area contributed by atoms with Crippen LogP contribution in [-0.2, 0) is 0 Å². The Morgan fingerprint density at radius 2 is 1.50 bits per heavy atom. The summed E-state index contributed by atoms with van der Waals surface area (Å²) in [7, 11) is 2.38. The zero-order valence-corrected chi connectivity index (χ0v) is 16.3. The Labute approximate surface area is 139 Å². The second-order valence-electron chi connectivity index (χ2n) is 10.1. The summed E-state index contributed by atoms with van der Waals surface area (Å²) in [5.74, 6) is 1.81. The molecule has 0 aromatic carbocycles. The highest BCUT2D eigenvalue weighted by Crippen LogP contribution is 2.39. The molecule has 1 atom stereocenters. The number of likely N-dealkylation sites (tertiary alicyclic amines) is 1. The second-order valence-corrected chi connectivity index (χ2v) is 10.1. The van der Waals surface area contributed by atoms with E-state index in [-0.39, 0.29) is 0 Å². The molecule has 1 heterocycles. The van der Waals surface area contributed by atoms with E-state index in [1.807, 2.05) is 0 Å². The average Bonchev–Trinajstić information content (AvgIpc) is 2.86. The quantitative estimate of drug-likeness (QED) is 0.749. The van der Waals surface area contributed by atoms with Crippen molar-refractivity contribution >= 4 is 0 Å². The molecule has 0 bridgehead atoms. The minimum absolute atomic E-state index is 0.345. The maximum Gasteiger partial charge on any atom is 0.0125 e. The molecule has 2 nitrogen and oxygen atoms in total. The van der Waals surface area contributed by atoms with E-state index in [1.165, 1.54) is 51.7 Å². The van der Waals surface area contributed by atoms with Gasteiger partial charge in [-0.25, -0.2) is 0 Å². The third-order valence-electron chi connectivity index (χ3n) is 6.33. The highest BCUT2D eigenvalue weighted by Gasteiger charge is 2.34. The van der Waals surface area contributed by atoms with Crippen molar-refractivity contribution in [3.63, 3.8) is 0 Å². The van der Waals surface area contributed by atoms with Crippen LogP contribution in [0.1, 0.15) is 73.6 Å². The Morgan fingerprint density at radius 3 is 1.95 bits per heavy atom. The van der Waals surface area contributed by atoms with Crippen LogP contribution < -0.4 is 0 Å². The summed E-state index contributed by atoms with van der Waals surface area (Å²) in [5.41, 5.74) is 0.848. The largest absolute Gasteiger partial charge is 0.303 e. The average molecular weight is 309 g/mol. The zero-order chi connectivity index (χ0) is 16.5. The van der Waals surface area contributed by atoms with E-state index < -0.39 is 0 Å². The topological polar surface area (TPSA) is 6.48 Å². The number of hydrogen-bond acceptors (Lipinski definition) is 2. The fraction of sp³-hybridized carbons (Fsp3) is 1.00. The van der Waals surface area contributed by atoms with Gasteiger partial charge in [0.1, 0.15) is 0 Å². The molecule has 1 aliphatic carbocycles. The Morgan fingerprint density at radius 1 is 0.909 bits per heavy atom. The first kappa shape index (κ1) is 18.3. The van der Waals surface area contributed by atoms with Gasteiger partial charge >= 0.3 is 0 Å². The van der Waals surface area contributed by atoms with Gasteiger partial charge in [0.2, 0.25) is 0 Å². The molecule has 0 N–H and O–H groups in total. The Bertz CT molecular complexity index is 342. The van der Waals surface area contributed by atoms with Gasteiger partial charge < -0.3 is 4.90 Å². The SMILES string of the molecule is CN(CC1CCN(C(C)(C)C)C1)C1CCC(C(C)(C)C)CC1. The van der Waals surface area contributed by atoms with E-state index in [0.717, 1.165) is 17.9 Å². The van der Waals surface area contributed by atoms with Crippen molar-refractivity contribution < 1.29 is 0 Å². The molecular formula is C20H40N2. The first-order valence-corrected chi connectivity index (χ1v) is 9.52. The molecule has 2 heteroatoms. The maximum atomic E-state index is 2.69. The molecule has 2 fully saturated rings. The maximum absolute atomic E-state index is 2.69. The molecule has 1 aliphatic heterocycles. The van der Waals surface area contributed by atoms with Gasteiger partial charge in [0, 0.05) is 24.7 Å². The first-order chi connectivity index (χ1) is 10.1. The van der Waals surface area contributed by atoms with E-state index >= 15 is 0 Å². The van der Waals surface area contributed by atoms with Crippen LogP contribution in [0.25, 0.3) is 0 Å². The number of hydrogen-bond donors (Lipinski definition) is 0. The Hall–Kier alpha value is -0.0800. The van der Waals surface area contributed by atoms with Gasteiger partial charge in [-0.15, -0.1) is 0 Å². The molecule has 2 aliphatic rings. The van der Waals surface area contributed by atoms with Crippen LogP contribution in [0, 0.1) is 17.3 Å². The summed E-state index contributed by atoms with van der Waals surface area (Å²) in [6, 6.07) is 0.835. The molecule has 0 aromatic rings. The predicted octanol–water partition coefficient (Wildman–Crippen LogP) is 4.64. The minimum atomic E-state index is 0.345. The minimum Gasteiger partial charge on any atom is -0.303 e. The van der Waals surface area contributed by atoms with Crippen LogP contribution in [0.4, 0.5) is 0 Å². The van der Waals surface area contributed by atoms with Gasteiger partial charge in [-0.05, 0) is 83.7 Å². The molecule has 1 saturated carbocycles. The molecule has 130 valence electrons. The molecule has 2 rings (SSSR count). The smallest absolute Gasteiger partial charge is 0.0125 e. The van der Waals surface area contributed by atoms with Gasteiger partial charge in [0.05, 0.1) is 0 Å². The molecule has 0 radical (unpaired) electrons. The monoisotopic (exact) mass is 308 g/mol. The zero-order valence-electron chi connectivity index (χ0n) is 16.3. The lowest BCUT2D eigenvalue weighted by Crippen LogP contribution is -2.42. The van der Waals surface area contributed by atoms with Crippen molar-refractivity contribution in [2.45, 2.75) is 85.2 Å². The van der Waals surface area contributed by atoms with Crippen LogP contribution in [0.5, 0.6) is 0 Å². The van der Waals surface area contributed by atoms with Gasteiger partial charge in [-0.1, -0.05) is 20.8 Å². The standard InChI is InChI=1S/C20H40N2/c1-19(2,3)17-8-10-18(11-9-17)21(7)14-16-12-13-22(15-16)20(4,5)6/h16-18H,8-15H2,1-7H3. The predicted molar refractivity (Wildman–Crippen MR) is 97.3 cm³/mol. The van der Waals surface area contributed by atoms with Crippen molar-refractivity contribution in [3.05, 3.63) is 0 Å². The van der Waals surface area contributed by atoms with Crippen molar-refractivity contribution in [2.75, 3.05) is 26.7 Å². The third-order valence-corrected chi connectivity index (χ3v) is 6.33. The summed E-state index contributed by atoms with van der Waals surface area (Å²) < 4.78 is 0. The Balaban J connectivity index is 1.76. The van der Waals surface area contributed by atoms with Crippen molar-refractivity contribution in [2.24, 2.45) is 17.3 Å². The van der Waals surface area contributed by atoms with Gasteiger partial charge in [0.15, 0.2) is 0 Å². The van der Waals surface area contributed by atoms with Crippen molar-refractivity contribution in [1.29, 1.82) is 0 Å². The van der Waals surface area contributed by atoms with Crippen molar-refractivity contribution in [1.82, 2.24) is 9.80 Å². The summed E-state index contributed by atoms with van der Waals surface area (Å²) in [5, 5.41) is 0. The fourth-order valence-electron chi connectivity index (χ4n) is 4.53. The normalized spacial score (nSPS) is 31.9. The number of rotatable bonds is 3. The fourth-order valence-corrected chi connectivity index (χ4v) is 4.53. The third kappa shape index (κ3) is 4.71. The van der Waals surface area contributed by atoms with E-state index in [9.17, 15) is 0 Å². The van der Waals surface area contributed by atoms with Crippen molar-refractivity contribution in [3.8, 4) is 0 Å². The van der Waals surface area contributed by atoms with Gasteiger partial charge in [-0.2, -0.15) is 0 Å². The lowest BCUT2D eigenvalue weighted by atomic mass is 9.71. The van der Waals surface area contributed by atoms with Gasteiger partial charge in [0.25, 0.3) is 0 Å². The van der Waals surface area contributed by atoms with Crippen LogP contribution in [0.2, 0.25) is 0 Å². The van der Waals surface area contributed by atoms with Crippen LogP contribution in [0.3, 0.4) is 0 Å². The summed E-state index contributed by atoms with van der Waals surface area (Å²) >= 11 is 0. The van der Waals surface area contributed by atoms with E-state index in [1.54, 1.807) is 0 Å². The molecule has 0 aromatic heterocycles. The highest BCUT2D eigenvalue weighted by atomic mass is 15.2. The molecule has 22 heavy (non-hydrogen) atoms. The van der Waals surface area contributed by atoms with E-state index in [4.69, 9.17) is 0 Å². The summed E-state index contributed by atoms with van der Waals surface area (Å²) in [4.78, 5) is 5.36. The summed E-state index contributed by atoms with van der Waals surface area (Å²) in [6.07, 6.45) is 7.07. The van der Waals surface area contributed by atoms with Gasteiger partial charge in [-0.3, -0.25) is 4.90 Å². The molecule has 1 saturated heterocycles. The second kappa shape index (κ2) is 6.81. The first-order valence-electron chi connectivity index (χ1n) is 9.52. The lowest BCUT2D eigenvalue weighted by molar-refractivity contribution is 0.0991. The Kier molecular flexibility index (Phi) is 5.65. The van der Waals surface area contributed by atoms with E-state index in [0.29, 0.717) is 11.0 Å². The van der Waals surface area contributed by atoms with E-state index in [2.05, 4.69) is 58.4 Å². The molecule has 0 spiro atoms. The molecule has 0 amide bonds. The van der Waals surface area contributed by atoms with Crippen LogP contribution >= 0.6 is 0 Å². The molecule has 1 unspecified atom stereocenters. The molecular weight excluding hydrogens is 268 g/mol.